The maximum atomic E-state index is 13.4. The molecule has 3 fully saturated rings. The van der Waals surface area contributed by atoms with Crippen LogP contribution >= 0.6 is 7.82 Å². The molecule has 11 heteroatoms. The normalized spacial score (nSPS) is 28.4. The zero-order valence-corrected chi connectivity index (χ0v) is 44.1. The lowest BCUT2D eigenvalue weighted by molar-refractivity contribution is -0.870. The van der Waals surface area contributed by atoms with Gasteiger partial charge in [-0.25, -0.2) is 4.79 Å². The number of fused-ring (bicyclic) bond motifs is 5. The van der Waals surface area contributed by atoms with Crippen molar-refractivity contribution in [3.05, 3.63) is 11.6 Å². The standard InChI is InChI=1S/C54H98NO9P/c1-10-11-12-13-14-15-16-17-18-19-20-21-22-23-24-28-51(56)60-40-46(41-62-65(58,59)61-38-37-55(7,8)9)64-52(57)63-45-33-35-53(5)44(39-45)29-30-47-49-32-31-48(43(4)27-25-26-42(2)3)54(49,6)36-34-50(47)53/h29,42-43,45-50H,10-28,30-41H2,1-9H3/t43-,45+,46?,47+,48-,49+,50?,53+,54-/m1/s1. The first-order valence-electron chi connectivity index (χ1n) is 27.0. The van der Waals surface area contributed by atoms with Crippen molar-refractivity contribution in [3.63, 3.8) is 0 Å². The quantitative estimate of drug-likeness (QED) is 0.0213. The zero-order valence-electron chi connectivity index (χ0n) is 43.2. The third-order valence-corrected chi connectivity index (χ3v) is 17.6. The molecule has 0 radical (unpaired) electrons. The van der Waals surface area contributed by atoms with Gasteiger partial charge in [-0.15, -0.1) is 0 Å². The summed E-state index contributed by atoms with van der Waals surface area (Å²) in [7, 11) is 1.09. The molecule has 10 nitrogen and oxygen atoms in total. The van der Waals surface area contributed by atoms with Gasteiger partial charge in [-0.1, -0.05) is 162 Å². The molecule has 3 saturated carbocycles. The Balaban J connectivity index is 1.22. The van der Waals surface area contributed by atoms with E-state index in [-0.39, 0.29) is 31.2 Å². The van der Waals surface area contributed by atoms with Crippen molar-refractivity contribution in [1.29, 1.82) is 0 Å². The van der Waals surface area contributed by atoms with Crippen LogP contribution in [0.1, 0.15) is 215 Å². The number of quaternary nitrogens is 1. The summed E-state index contributed by atoms with van der Waals surface area (Å²) in [4.78, 5) is 38.8. The molecule has 0 heterocycles. The molecular formula is C54H98NO9P. The first-order chi connectivity index (χ1) is 30.9. The Kier molecular flexibility index (Phi) is 23.9. The van der Waals surface area contributed by atoms with Crippen molar-refractivity contribution < 1.29 is 46.8 Å². The van der Waals surface area contributed by atoms with E-state index in [0.717, 1.165) is 55.8 Å². The number of carbonyl (C=O) groups excluding carboxylic acids is 2. The zero-order chi connectivity index (χ0) is 47.5. The lowest BCUT2D eigenvalue weighted by Gasteiger charge is -2.58. The predicted octanol–water partition coefficient (Wildman–Crippen LogP) is 13.9. The van der Waals surface area contributed by atoms with Gasteiger partial charge in [-0.2, -0.15) is 0 Å². The minimum absolute atomic E-state index is 0.0532. The highest BCUT2D eigenvalue weighted by Gasteiger charge is 2.59. The Morgan fingerprint density at radius 3 is 2.03 bits per heavy atom. The molecule has 0 aromatic rings. The van der Waals surface area contributed by atoms with Crippen LogP contribution in [0.25, 0.3) is 0 Å². The van der Waals surface area contributed by atoms with Gasteiger partial charge in [0.05, 0.1) is 27.7 Å². The number of hydrogen-bond acceptors (Lipinski definition) is 9. The molecule has 0 aromatic carbocycles. The Morgan fingerprint density at radius 2 is 1.42 bits per heavy atom. The fourth-order valence-corrected chi connectivity index (χ4v) is 13.4. The summed E-state index contributed by atoms with van der Waals surface area (Å²) in [6, 6.07) is 0. The Morgan fingerprint density at radius 1 is 0.785 bits per heavy atom. The van der Waals surface area contributed by atoms with Crippen LogP contribution in [0.4, 0.5) is 4.79 Å². The summed E-state index contributed by atoms with van der Waals surface area (Å²) >= 11 is 0. The number of allylic oxidation sites excluding steroid dienone is 1. The van der Waals surface area contributed by atoms with Gasteiger partial charge < -0.3 is 32.6 Å². The van der Waals surface area contributed by atoms with Crippen LogP contribution in [-0.2, 0) is 32.6 Å². The number of rotatable bonds is 32. The van der Waals surface area contributed by atoms with Crippen molar-refractivity contribution >= 4 is 19.9 Å². The van der Waals surface area contributed by atoms with Crippen molar-refractivity contribution in [2.75, 3.05) is 47.5 Å². The maximum Gasteiger partial charge on any atom is 0.509 e. The summed E-state index contributed by atoms with van der Waals surface area (Å²) in [6.07, 6.45) is 31.8. The minimum atomic E-state index is -4.71. The molecule has 0 amide bonds. The van der Waals surface area contributed by atoms with E-state index in [1.165, 1.54) is 128 Å². The van der Waals surface area contributed by atoms with Gasteiger partial charge >= 0.3 is 12.1 Å². The molecule has 0 bridgehead atoms. The van der Waals surface area contributed by atoms with Gasteiger partial charge in [-0.05, 0) is 97.7 Å². The highest BCUT2D eigenvalue weighted by atomic mass is 31.2. The number of phosphoric acid groups is 1. The fourth-order valence-electron chi connectivity index (χ4n) is 12.7. The van der Waals surface area contributed by atoms with E-state index in [2.05, 4.69) is 47.6 Å². The Labute approximate surface area is 398 Å². The fraction of sp³-hybridized carbons (Fsp3) is 0.926. The van der Waals surface area contributed by atoms with Gasteiger partial charge in [0.1, 0.15) is 25.9 Å². The number of hydrogen-bond donors (Lipinski definition) is 0. The van der Waals surface area contributed by atoms with E-state index in [1.807, 2.05) is 21.1 Å². The van der Waals surface area contributed by atoms with E-state index < -0.39 is 32.7 Å². The summed E-state index contributed by atoms with van der Waals surface area (Å²) < 4.78 is 40.6. The van der Waals surface area contributed by atoms with Gasteiger partial charge in [0.2, 0.25) is 0 Å². The number of ether oxygens (including phenoxy) is 3. The molecule has 4 aliphatic carbocycles. The molecule has 4 rings (SSSR count). The van der Waals surface area contributed by atoms with Crippen molar-refractivity contribution in [3.8, 4) is 0 Å². The van der Waals surface area contributed by atoms with Crippen LogP contribution in [0.15, 0.2) is 11.6 Å². The second-order valence-corrected chi connectivity index (χ2v) is 24.6. The molecular weight excluding hydrogens is 838 g/mol. The lowest BCUT2D eigenvalue weighted by Crippen LogP contribution is -2.51. The van der Waals surface area contributed by atoms with Gasteiger partial charge in [0.15, 0.2) is 6.10 Å². The monoisotopic (exact) mass is 936 g/mol. The minimum Gasteiger partial charge on any atom is -0.756 e. The largest absolute Gasteiger partial charge is 0.756 e. The van der Waals surface area contributed by atoms with Gasteiger partial charge in [-0.3, -0.25) is 9.36 Å². The molecule has 0 saturated heterocycles. The van der Waals surface area contributed by atoms with Crippen molar-refractivity contribution in [2.45, 2.75) is 227 Å². The smallest absolute Gasteiger partial charge is 0.509 e. The van der Waals surface area contributed by atoms with Crippen LogP contribution in [0, 0.1) is 46.3 Å². The van der Waals surface area contributed by atoms with E-state index in [0.29, 0.717) is 41.1 Å². The summed E-state index contributed by atoms with van der Waals surface area (Å²) in [5.41, 5.74) is 1.95. The highest BCUT2D eigenvalue weighted by molar-refractivity contribution is 7.45. The summed E-state index contributed by atoms with van der Waals surface area (Å²) in [6.45, 7) is 14.1. The molecule has 0 aromatic heterocycles. The molecule has 4 aliphatic rings. The maximum absolute atomic E-state index is 13.4. The molecule has 0 spiro atoms. The van der Waals surface area contributed by atoms with E-state index in [4.69, 9.17) is 23.3 Å². The summed E-state index contributed by atoms with van der Waals surface area (Å²) in [5, 5.41) is 0. The first kappa shape index (κ1) is 56.1. The van der Waals surface area contributed by atoms with E-state index in [9.17, 15) is 19.0 Å². The van der Waals surface area contributed by atoms with Crippen LogP contribution < -0.4 is 4.89 Å². The molecule has 0 aliphatic heterocycles. The molecule has 378 valence electrons. The lowest BCUT2D eigenvalue weighted by atomic mass is 9.47. The predicted molar refractivity (Wildman–Crippen MR) is 261 cm³/mol. The van der Waals surface area contributed by atoms with Crippen LogP contribution in [0.5, 0.6) is 0 Å². The topological polar surface area (TPSA) is 120 Å². The SMILES string of the molecule is CCCCCCCCCCCCCCCCCC(=O)OCC(COP(=O)([O-])OCC[N+](C)(C)C)OC(=O)O[C@H]1CC[C@@]2(C)C(=CC[C@@H]3C2CC[C@]2(C)[C@@H]([C@H](C)CCCC(C)C)CC[C@@H]32)C1. The van der Waals surface area contributed by atoms with E-state index >= 15 is 0 Å². The third-order valence-electron chi connectivity index (χ3n) is 16.6. The van der Waals surface area contributed by atoms with E-state index in [1.54, 1.807) is 0 Å². The highest BCUT2D eigenvalue weighted by Crippen LogP contribution is 2.67. The Bertz CT molecular complexity index is 1480. The van der Waals surface area contributed by atoms with Crippen molar-refractivity contribution in [1.82, 2.24) is 0 Å². The molecule has 0 N–H and O–H groups in total. The molecule has 10 atom stereocenters. The average molecular weight is 936 g/mol. The Hall–Kier alpha value is -1.45. The van der Waals surface area contributed by atoms with Gasteiger partial charge in [0, 0.05) is 12.8 Å². The van der Waals surface area contributed by atoms with Crippen molar-refractivity contribution in [2.24, 2.45) is 46.3 Å². The van der Waals surface area contributed by atoms with Crippen LogP contribution in [-0.4, -0.2) is 76.3 Å². The summed E-state index contributed by atoms with van der Waals surface area (Å²) in [5.74, 6) is 4.13. The van der Waals surface area contributed by atoms with Crippen LogP contribution in [0.2, 0.25) is 0 Å². The van der Waals surface area contributed by atoms with Gasteiger partial charge in [0.25, 0.3) is 7.82 Å². The number of nitrogens with zero attached hydrogens (tertiary/aromatic N) is 1. The van der Waals surface area contributed by atoms with Crippen LogP contribution in [0.3, 0.4) is 0 Å². The molecule has 65 heavy (non-hydrogen) atoms. The third kappa shape index (κ3) is 18.8. The number of phosphoric ester groups is 1. The average Bonchev–Trinajstić information content (AvgIpc) is 3.60. The second-order valence-electron chi connectivity index (χ2n) is 23.2. The second kappa shape index (κ2) is 27.7. The number of likely N-dealkylation sites (N-methyl/N-ethyl adjacent to an activating group) is 1. The molecule has 3 unspecified atom stereocenters. The number of esters is 1. The first-order valence-corrected chi connectivity index (χ1v) is 28.5. The number of carbonyl (C=O) groups is 2. The number of unbranched alkanes of at least 4 members (excludes halogenated alkanes) is 14.